The molecule has 6 fully saturated rings. The molecule has 14 nitrogen and oxygen atoms in total. The molecule has 40 heavy (non-hydrogen) atoms. The van der Waals surface area contributed by atoms with Crippen LogP contribution < -0.4 is 21.3 Å². The van der Waals surface area contributed by atoms with Crippen LogP contribution in [0.2, 0.25) is 0 Å². The third-order valence-corrected chi connectivity index (χ3v) is 7.83. The van der Waals surface area contributed by atoms with Gasteiger partial charge in [0, 0.05) is 43.6 Å². The summed E-state index contributed by atoms with van der Waals surface area (Å²) in [5.74, 6) is -7.32. The van der Waals surface area contributed by atoms with E-state index in [2.05, 4.69) is 21.3 Å². The minimum Gasteiger partial charge on any atom is -0.506 e. The van der Waals surface area contributed by atoms with Crippen molar-refractivity contribution in [3.8, 4) is 0 Å². The zero-order valence-electron chi connectivity index (χ0n) is 29.9. The molecule has 0 aromatic heterocycles. The molecule has 0 spiro atoms. The molecule has 2 amide bonds. The van der Waals surface area contributed by atoms with Crippen molar-refractivity contribution in [3.63, 3.8) is 0 Å². The average Bonchev–Trinajstić information content (AvgIpc) is 3.80. The third-order valence-electron chi connectivity index (χ3n) is 7.83. The van der Waals surface area contributed by atoms with Crippen LogP contribution in [0.15, 0.2) is 0 Å². The molecule has 16 heteroatoms. The molecule has 218 valence electrons. The maximum atomic E-state index is 13.5. The molecule has 0 aromatic carbocycles. The normalized spacial score (nSPS) is 40.5. The number of rotatable bonds is 8. The fourth-order valence-corrected chi connectivity index (χ4v) is 5.67. The van der Waals surface area contributed by atoms with Crippen LogP contribution in [0.3, 0.4) is 0 Å². The van der Waals surface area contributed by atoms with E-state index in [1.807, 2.05) is 0 Å². The first-order valence-electron chi connectivity index (χ1n) is 17.8. The van der Waals surface area contributed by atoms with E-state index >= 15 is 0 Å². The summed E-state index contributed by atoms with van der Waals surface area (Å²) in [6, 6.07) is -0.744. The second-order valence-corrected chi connectivity index (χ2v) is 10.5. The Hall–Kier alpha value is -2.23. The van der Waals surface area contributed by atoms with E-state index in [9.17, 15) is 19.2 Å². The highest BCUT2D eigenvalue weighted by atomic mass is 16.7. The van der Waals surface area contributed by atoms with Gasteiger partial charge in [-0.2, -0.15) is 0 Å². The minimum absolute atomic E-state index is 0.0884. The molecule has 6 saturated heterocycles. The van der Waals surface area contributed by atoms with Crippen molar-refractivity contribution in [1.82, 2.24) is 31.1 Å². The van der Waals surface area contributed by atoms with Crippen LogP contribution in [0, 0.1) is 0 Å². The van der Waals surface area contributed by atoms with Crippen molar-refractivity contribution in [2.24, 2.45) is 0 Å². The number of likely N-dealkylation sites (tertiary alicyclic amines) is 2. The molecule has 0 bridgehead atoms. The van der Waals surface area contributed by atoms with Gasteiger partial charge in [-0.05, 0) is 51.6 Å². The Morgan fingerprint density at radius 1 is 0.825 bits per heavy atom. The fraction of sp³-hybridized carbons (Fsp3) is 0.833. The molecule has 6 rings (SSSR count). The van der Waals surface area contributed by atoms with Crippen LogP contribution in [-0.2, 0) is 37.8 Å². The van der Waals surface area contributed by atoms with Gasteiger partial charge in [0.25, 0.3) is 0 Å². The van der Waals surface area contributed by atoms with E-state index in [4.69, 9.17) is 29.6 Å². The van der Waals surface area contributed by atoms with E-state index in [0.29, 0.717) is 48.8 Å². The van der Waals surface area contributed by atoms with E-state index in [0.717, 1.165) is 0 Å². The van der Waals surface area contributed by atoms with Crippen molar-refractivity contribution in [2.45, 2.75) is 74.7 Å². The highest BCUT2D eigenvalue weighted by molar-refractivity contribution is 6.53. The zero-order valence-corrected chi connectivity index (χ0v) is 21.9. The predicted octanol–water partition coefficient (Wildman–Crippen LogP) is -3.19. The SMILES string of the molecule is [2H]C([2H])(N[C@@H]1CCNC1)C(=O)N1[C@@H](B2OC(=O)C3OB([C@@H]4CCC([2H])([2H])N4C(=O)C([2H])([2H])N[C@@H]4CCNC4)OC(=O)C3O2)CCC1([2H])[2H]. The van der Waals surface area contributed by atoms with E-state index in [-0.39, 0.29) is 37.8 Å². The van der Waals surface area contributed by atoms with Crippen LogP contribution in [0.5, 0.6) is 0 Å². The smallest absolute Gasteiger partial charge is 0.506 e. The lowest BCUT2D eigenvalue weighted by atomic mass is 9.72. The Morgan fingerprint density at radius 2 is 1.27 bits per heavy atom. The minimum atomic E-state index is -2.68. The van der Waals surface area contributed by atoms with Crippen molar-refractivity contribution < 1.29 is 48.8 Å². The van der Waals surface area contributed by atoms with Gasteiger partial charge in [-0.15, -0.1) is 0 Å². The van der Waals surface area contributed by atoms with Gasteiger partial charge in [0.05, 0.1) is 30.4 Å². The summed E-state index contributed by atoms with van der Waals surface area (Å²) >= 11 is 0. The summed E-state index contributed by atoms with van der Waals surface area (Å²) in [7, 11) is -3.36. The molecule has 0 aliphatic carbocycles. The summed E-state index contributed by atoms with van der Waals surface area (Å²) in [6.07, 6.45) is -3.00. The first-order valence-corrected chi connectivity index (χ1v) is 13.8. The maximum Gasteiger partial charge on any atom is 0.552 e. The fourth-order valence-electron chi connectivity index (χ4n) is 5.67. The number of fused-ring (bicyclic) bond motifs is 1. The van der Waals surface area contributed by atoms with Crippen LogP contribution in [0.4, 0.5) is 0 Å². The molecule has 2 unspecified atom stereocenters. The maximum absolute atomic E-state index is 13.5. The zero-order chi connectivity index (χ0) is 34.8. The van der Waals surface area contributed by atoms with E-state index in [1.165, 1.54) is 0 Å². The molecule has 6 aliphatic rings. The summed E-state index contributed by atoms with van der Waals surface area (Å²) in [4.78, 5) is 54.8. The second kappa shape index (κ2) is 12.3. The number of amides is 2. The Balaban J connectivity index is 1.16. The Morgan fingerprint density at radius 3 is 1.68 bits per heavy atom. The van der Waals surface area contributed by atoms with Gasteiger partial charge in [0.2, 0.25) is 11.8 Å². The lowest BCUT2D eigenvalue weighted by Crippen LogP contribution is -2.66. The lowest BCUT2D eigenvalue weighted by Gasteiger charge is -2.41. The van der Waals surface area contributed by atoms with Crippen LogP contribution >= 0.6 is 0 Å². The van der Waals surface area contributed by atoms with E-state index in [1.54, 1.807) is 0 Å². The summed E-state index contributed by atoms with van der Waals surface area (Å²) in [5.41, 5.74) is 0. The molecule has 0 radical (unpaired) electrons. The quantitative estimate of drug-likeness (QED) is 0.218. The van der Waals surface area contributed by atoms with Gasteiger partial charge in [-0.25, -0.2) is 0 Å². The van der Waals surface area contributed by atoms with Crippen molar-refractivity contribution >= 4 is 38.0 Å². The molecule has 6 heterocycles. The monoisotopic (exact) mass is 568 g/mol. The second-order valence-electron chi connectivity index (χ2n) is 10.5. The van der Waals surface area contributed by atoms with Gasteiger partial charge in [0.1, 0.15) is 0 Å². The van der Waals surface area contributed by atoms with Crippen LogP contribution in [0.1, 0.15) is 49.5 Å². The van der Waals surface area contributed by atoms with E-state index < -0.39 is 88.1 Å². The number of nitrogens with zero attached hydrogens (tertiary/aromatic N) is 2. The van der Waals surface area contributed by atoms with Gasteiger partial charge < -0.3 is 49.7 Å². The average molecular weight is 568 g/mol. The topological polar surface area (TPSA) is 160 Å². The Labute approximate surface area is 245 Å². The number of carbonyl (C=O) groups excluding carboxylic acids is 4. The molecular weight excluding hydrogens is 522 g/mol. The summed E-state index contributed by atoms with van der Waals surface area (Å²) in [5, 5.41) is 11.3. The van der Waals surface area contributed by atoms with Gasteiger partial charge in [-0.3, -0.25) is 19.2 Å². The molecule has 4 N–H and O–H groups in total. The highest BCUT2D eigenvalue weighted by Crippen LogP contribution is 2.31. The third kappa shape index (κ3) is 5.88. The summed E-state index contributed by atoms with van der Waals surface area (Å²) in [6.45, 7) is -7.96. The predicted molar refractivity (Wildman–Crippen MR) is 141 cm³/mol. The van der Waals surface area contributed by atoms with Gasteiger partial charge in [-0.1, -0.05) is 0 Å². The lowest BCUT2D eigenvalue weighted by molar-refractivity contribution is -0.179. The summed E-state index contributed by atoms with van der Waals surface area (Å²) < 4.78 is 89.6. The molecule has 0 saturated carbocycles. The number of hydrogen-bond donors (Lipinski definition) is 4. The largest absolute Gasteiger partial charge is 0.552 e. The van der Waals surface area contributed by atoms with Crippen molar-refractivity contribution in [1.29, 1.82) is 0 Å². The van der Waals surface area contributed by atoms with Crippen molar-refractivity contribution in [3.05, 3.63) is 0 Å². The number of nitrogens with one attached hydrogen (secondary N) is 4. The van der Waals surface area contributed by atoms with Crippen LogP contribution in [0.25, 0.3) is 0 Å². The molecule has 0 aromatic rings. The highest BCUT2D eigenvalue weighted by Gasteiger charge is 2.59. The Kier molecular flexibility index (Phi) is 6.11. The molecule has 6 atom stereocenters. The molecular formula is C24H38B2N6O8. The van der Waals surface area contributed by atoms with Crippen LogP contribution in [-0.4, -0.2) is 136 Å². The standard InChI is InChI=1S/C24H38B2N6O8/c33-19(13-29-15-5-7-27-11-15)31-9-1-3-17(31)25-37-21-22(23(35)39-25)38-26(40-24(21)36)18-4-2-10-32(18)20(34)14-30-16-6-8-28-12-16/h15-18,21-22,27-30H,1-14H2/t15-,16-,17-,18+,21?,22?/m1/s1/i9D2,10D2,13D2,14D2. The number of carbonyl (C=O) groups is 4. The number of hydrogen-bond acceptors (Lipinski definition) is 12. The van der Waals surface area contributed by atoms with Gasteiger partial charge in [0.15, 0.2) is 12.2 Å². The first-order chi connectivity index (χ1) is 22.4. The van der Waals surface area contributed by atoms with Crippen molar-refractivity contribution in [2.75, 3.05) is 52.2 Å². The molecule has 6 aliphatic heterocycles. The van der Waals surface area contributed by atoms with Gasteiger partial charge >= 0.3 is 26.2 Å². The first kappa shape index (κ1) is 19.8. The Bertz CT molecular complexity index is 1220.